The number of nitrogens with two attached hydrogens (primary N) is 1. The third-order valence-electron chi connectivity index (χ3n) is 3.15. The Bertz CT molecular complexity index is 397. The lowest BCUT2D eigenvalue weighted by Gasteiger charge is -2.31. The highest BCUT2D eigenvalue weighted by molar-refractivity contribution is 5.93. The van der Waals surface area contributed by atoms with E-state index in [4.69, 9.17) is 10.5 Å². The molecule has 0 saturated carbocycles. The molecule has 2 heterocycles. The van der Waals surface area contributed by atoms with E-state index in [9.17, 15) is 4.79 Å². The molecule has 0 unspecified atom stereocenters. The molecule has 0 radical (unpaired) electrons. The van der Waals surface area contributed by atoms with Crippen LogP contribution in [0.5, 0.6) is 0 Å². The number of likely N-dealkylation sites (tertiary alicyclic amines) is 1. The number of hydrogen-bond acceptors (Lipinski definition) is 4. The van der Waals surface area contributed by atoms with Crippen molar-refractivity contribution in [1.82, 2.24) is 14.7 Å². The molecule has 6 heteroatoms. The van der Waals surface area contributed by atoms with E-state index in [-0.39, 0.29) is 12.0 Å². The average molecular weight is 252 g/mol. The van der Waals surface area contributed by atoms with Gasteiger partial charge in [0.15, 0.2) is 0 Å². The molecule has 0 spiro atoms. The van der Waals surface area contributed by atoms with E-state index in [1.54, 1.807) is 17.1 Å². The molecule has 100 valence electrons. The monoisotopic (exact) mass is 252 g/mol. The predicted molar refractivity (Wildman–Crippen MR) is 67.1 cm³/mol. The number of ether oxygens (including phenoxy) is 1. The fraction of sp³-hybridized carbons (Fsp3) is 0.667. The number of carbonyl (C=O) groups excluding carboxylic acids is 1. The van der Waals surface area contributed by atoms with E-state index < -0.39 is 0 Å². The van der Waals surface area contributed by atoms with Crippen LogP contribution in [-0.2, 0) is 11.8 Å². The molecule has 1 aliphatic rings. The molecular formula is C12H20N4O2. The lowest BCUT2D eigenvalue weighted by Crippen LogP contribution is -2.41. The zero-order chi connectivity index (χ0) is 13.0. The number of amides is 1. The maximum atomic E-state index is 12.1. The van der Waals surface area contributed by atoms with E-state index in [1.807, 2.05) is 11.9 Å². The Morgan fingerprint density at radius 1 is 1.56 bits per heavy atom. The molecule has 0 aromatic carbocycles. The molecule has 0 atom stereocenters. The largest absolute Gasteiger partial charge is 0.377 e. The van der Waals surface area contributed by atoms with Crippen LogP contribution in [0, 0.1) is 0 Å². The van der Waals surface area contributed by atoms with E-state index in [1.165, 1.54) is 0 Å². The van der Waals surface area contributed by atoms with Gasteiger partial charge in [-0.05, 0) is 12.8 Å². The second-order valence-electron chi connectivity index (χ2n) is 4.55. The fourth-order valence-electron chi connectivity index (χ4n) is 2.17. The second-order valence-corrected chi connectivity index (χ2v) is 4.55. The van der Waals surface area contributed by atoms with Crippen LogP contribution in [0.15, 0.2) is 12.4 Å². The van der Waals surface area contributed by atoms with Crippen molar-refractivity contribution in [3.63, 3.8) is 0 Å². The first-order valence-electron chi connectivity index (χ1n) is 6.30. The molecule has 1 amide bonds. The van der Waals surface area contributed by atoms with E-state index in [2.05, 4.69) is 5.10 Å². The Labute approximate surface area is 107 Å². The van der Waals surface area contributed by atoms with Crippen LogP contribution in [0.2, 0.25) is 0 Å². The summed E-state index contributed by atoms with van der Waals surface area (Å²) in [4.78, 5) is 14.0. The maximum Gasteiger partial charge on any atom is 0.257 e. The van der Waals surface area contributed by atoms with Crippen molar-refractivity contribution >= 4 is 5.91 Å². The number of piperidine rings is 1. The van der Waals surface area contributed by atoms with Gasteiger partial charge in [0.05, 0.1) is 24.5 Å². The van der Waals surface area contributed by atoms with Crippen LogP contribution in [0.3, 0.4) is 0 Å². The molecule has 1 saturated heterocycles. The second kappa shape index (κ2) is 5.97. The minimum Gasteiger partial charge on any atom is -0.377 e. The third-order valence-corrected chi connectivity index (χ3v) is 3.15. The fourth-order valence-corrected chi connectivity index (χ4v) is 2.17. The molecule has 18 heavy (non-hydrogen) atoms. The molecule has 0 bridgehead atoms. The van der Waals surface area contributed by atoms with Gasteiger partial charge < -0.3 is 15.4 Å². The molecule has 1 fully saturated rings. The minimum atomic E-state index is 0.0559. The zero-order valence-electron chi connectivity index (χ0n) is 10.7. The van der Waals surface area contributed by atoms with Crippen LogP contribution in [0.25, 0.3) is 0 Å². The number of hydrogen-bond donors (Lipinski definition) is 1. The number of carbonyl (C=O) groups is 1. The van der Waals surface area contributed by atoms with Gasteiger partial charge in [0, 0.05) is 32.9 Å². The highest BCUT2D eigenvalue weighted by atomic mass is 16.5. The lowest BCUT2D eigenvalue weighted by molar-refractivity contribution is 0.0122. The first-order valence-corrected chi connectivity index (χ1v) is 6.30. The molecule has 1 aliphatic heterocycles. The molecule has 2 N–H and O–H groups in total. The van der Waals surface area contributed by atoms with Crippen molar-refractivity contribution in [3.8, 4) is 0 Å². The van der Waals surface area contributed by atoms with Crippen LogP contribution in [0.4, 0.5) is 0 Å². The topological polar surface area (TPSA) is 73.4 Å². The van der Waals surface area contributed by atoms with Crippen molar-refractivity contribution in [3.05, 3.63) is 18.0 Å². The normalized spacial score (nSPS) is 17.1. The Balaban J connectivity index is 1.84. The van der Waals surface area contributed by atoms with Crippen LogP contribution in [-0.4, -0.2) is 52.9 Å². The number of aromatic nitrogens is 2. The Morgan fingerprint density at radius 3 is 2.83 bits per heavy atom. The Kier molecular flexibility index (Phi) is 4.33. The van der Waals surface area contributed by atoms with Crippen LogP contribution >= 0.6 is 0 Å². The summed E-state index contributed by atoms with van der Waals surface area (Å²) >= 11 is 0. The summed E-state index contributed by atoms with van der Waals surface area (Å²) in [6, 6.07) is 0. The van der Waals surface area contributed by atoms with E-state index >= 15 is 0 Å². The molecule has 2 rings (SSSR count). The summed E-state index contributed by atoms with van der Waals surface area (Å²) in [6.45, 7) is 2.63. The van der Waals surface area contributed by atoms with Gasteiger partial charge in [0.2, 0.25) is 0 Å². The summed E-state index contributed by atoms with van der Waals surface area (Å²) < 4.78 is 7.23. The molecule has 1 aromatic rings. The van der Waals surface area contributed by atoms with E-state index in [0.717, 1.165) is 25.9 Å². The van der Waals surface area contributed by atoms with Crippen molar-refractivity contribution < 1.29 is 9.53 Å². The number of rotatable bonds is 4. The van der Waals surface area contributed by atoms with Crippen molar-refractivity contribution in [2.75, 3.05) is 26.2 Å². The molecular weight excluding hydrogens is 232 g/mol. The summed E-state index contributed by atoms with van der Waals surface area (Å²) in [5, 5.41) is 4.02. The van der Waals surface area contributed by atoms with Gasteiger partial charge in [-0.25, -0.2) is 0 Å². The summed E-state index contributed by atoms with van der Waals surface area (Å²) in [5.41, 5.74) is 6.05. The van der Waals surface area contributed by atoms with Gasteiger partial charge in [-0.1, -0.05) is 0 Å². The maximum absolute atomic E-state index is 12.1. The highest BCUT2D eigenvalue weighted by Crippen LogP contribution is 2.15. The number of nitrogens with zero attached hydrogens (tertiary/aromatic N) is 3. The molecule has 6 nitrogen and oxygen atoms in total. The SMILES string of the molecule is Cn1cc(C(=O)N2CCC(OCCN)CC2)cn1. The molecule has 1 aromatic heterocycles. The minimum absolute atomic E-state index is 0.0559. The third kappa shape index (κ3) is 3.08. The van der Waals surface area contributed by atoms with Gasteiger partial charge in [0.1, 0.15) is 0 Å². The summed E-state index contributed by atoms with van der Waals surface area (Å²) in [7, 11) is 1.81. The van der Waals surface area contributed by atoms with Crippen molar-refractivity contribution in [2.24, 2.45) is 12.8 Å². The first kappa shape index (κ1) is 13.0. The van der Waals surface area contributed by atoms with Gasteiger partial charge in [-0.3, -0.25) is 9.48 Å². The highest BCUT2D eigenvalue weighted by Gasteiger charge is 2.24. The van der Waals surface area contributed by atoms with E-state index in [0.29, 0.717) is 18.7 Å². The van der Waals surface area contributed by atoms with Crippen molar-refractivity contribution in [1.29, 1.82) is 0 Å². The summed E-state index contributed by atoms with van der Waals surface area (Å²) in [6.07, 6.45) is 5.36. The summed E-state index contributed by atoms with van der Waals surface area (Å²) in [5.74, 6) is 0.0559. The number of aryl methyl sites for hydroxylation is 1. The molecule has 0 aliphatic carbocycles. The van der Waals surface area contributed by atoms with Gasteiger partial charge in [-0.2, -0.15) is 5.10 Å². The van der Waals surface area contributed by atoms with Crippen LogP contribution < -0.4 is 5.73 Å². The zero-order valence-corrected chi connectivity index (χ0v) is 10.7. The van der Waals surface area contributed by atoms with Crippen LogP contribution in [0.1, 0.15) is 23.2 Å². The lowest BCUT2D eigenvalue weighted by atomic mass is 10.1. The first-order chi connectivity index (χ1) is 8.70. The Hall–Kier alpha value is -1.40. The standard InChI is InChI=1S/C12H20N4O2/c1-15-9-10(8-14-15)12(17)16-5-2-11(3-6-16)18-7-4-13/h8-9,11H,2-7,13H2,1H3. The average Bonchev–Trinajstić information content (AvgIpc) is 2.83. The quantitative estimate of drug-likeness (QED) is 0.818. The predicted octanol–water partition coefficient (Wildman–Crippen LogP) is 0.000000000000000666. The van der Waals surface area contributed by atoms with Gasteiger partial charge in [-0.15, -0.1) is 0 Å². The Morgan fingerprint density at radius 2 is 2.28 bits per heavy atom. The van der Waals surface area contributed by atoms with Crippen molar-refractivity contribution in [2.45, 2.75) is 18.9 Å². The van der Waals surface area contributed by atoms with Gasteiger partial charge in [0.25, 0.3) is 5.91 Å². The smallest absolute Gasteiger partial charge is 0.257 e. The van der Waals surface area contributed by atoms with Gasteiger partial charge >= 0.3 is 0 Å².